The maximum absolute atomic E-state index is 3.74. The van der Waals surface area contributed by atoms with E-state index in [1.807, 2.05) is 0 Å². The molecule has 0 heterocycles. The molecular weight excluding hydrogens is 369 g/mol. The average Bonchev–Trinajstić information content (AvgIpc) is 1.82. The van der Waals surface area contributed by atoms with Crippen LogP contribution in [0.25, 0.3) is 0 Å². The van der Waals surface area contributed by atoms with Crippen LogP contribution < -0.4 is 0 Å². The Morgan fingerprint density at radius 1 is 1.42 bits per heavy atom. The summed E-state index contributed by atoms with van der Waals surface area (Å²) in [4.78, 5) is 0. The fourth-order valence-electron chi connectivity index (χ4n) is 1.63. The van der Waals surface area contributed by atoms with Crippen LogP contribution in [0.15, 0.2) is 23.3 Å². The van der Waals surface area contributed by atoms with Crippen LogP contribution in [0.3, 0.4) is 0 Å². The van der Waals surface area contributed by atoms with Gasteiger partial charge in [0, 0.05) is 0 Å². The molecule has 0 bridgehead atoms. The summed E-state index contributed by atoms with van der Waals surface area (Å²) in [5.74, 6) is 0. The minimum atomic E-state index is -0.977. The fraction of sp³-hybridized carbons (Fsp3) is 0.556. The molecular formula is C9H13Br2Ru-. The SMILES string of the molecule is CC1=C[C](C)([Ru-]([Br])[Br])CC(C)=C1. The molecule has 12 heavy (non-hydrogen) atoms. The zero-order valence-corrected chi connectivity index (χ0v) is 12.4. The van der Waals surface area contributed by atoms with Gasteiger partial charge in [0.15, 0.2) is 0 Å². The predicted octanol–water partition coefficient (Wildman–Crippen LogP) is 4.70. The molecule has 0 aromatic heterocycles. The van der Waals surface area contributed by atoms with E-state index >= 15 is 0 Å². The topological polar surface area (TPSA) is 0 Å². The molecule has 0 aliphatic heterocycles. The van der Waals surface area contributed by atoms with Crippen LogP contribution >= 0.6 is 27.2 Å². The Balaban J connectivity index is 2.92. The third-order valence-electron chi connectivity index (χ3n) is 1.92. The molecule has 0 saturated heterocycles. The molecule has 1 unspecified atom stereocenters. The first kappa shape index (κ1) is 11.1. The van der Waals surface area contributed by atoms with Crippen molar-refractivity contribution in [1.29, 1.82) is 0 Å². The van der Waals surface area contributed by atoms with Gasteiger partial charge in [0.2, 0.25) is 0 Å². The summed E-state index contributed by atoms with van der Waals surface area (Å²) >= 11 is 6.49. The van der Waals surface area contributed by atoms with Gasteiger partial charge in [0.25, 0.3) is 0 Å². The van der Waals surface area contributed by atoms with Crippen molar-refractivity contribution in [2.24, 2.45) is 0 Å². The summed E-state index contributed by atoms with van der Waals surface area (Å²) in [7, 11) is 0. The number of hydrogen-bond donors (Lipinski definition) is 0. The van der Waals surface area contributed by atoms with Crippen LogP contribution in [-0.2, 0) is 12.0 Å². The van der Waals surface area contributed by atoms with Gasteiger partial charge in [-0.05, 0) is 0 Å². The molecule has 1 atom stereocenters. The van der Waals surface area contributed by atoms with Crippen molar-refractivity contribution in [2.45, 2.75) is 31.2 Å². The normalized spacial score (nSPS) is 30.9. The van der Waals surface area contributed by atoms with Crippen molar-refractivity contribution in [3.63, 3.8) is 0 Å². The summed E-state index contributed by atoms with van der Waals surface area (Å²) in [6.45, 7) is 6.72. The Morgan fingerprint density at radius 2 is 2.00 bits per heavy atom. The summed E-state index contributed by atoms with van der Waals surface area (Å²) in [6, 6.07) is 0. The second-order valence-corrected chi connectivity index (χ2v) is 17.5. The Labute approximate surface area is 93.1 Å². The third-order valence-corrected chi connectivity index (χ3v) is 11.6. The van der Waals surface area contributed by atoms with Gasteiger partial charge in [-0.1, -0.05) is 0 Å². The molecule has 0 saturated carbocycles. The van der Waals surface area contributed by atoms with Gasteiger partial charge in [-0.15, -0.1) is 0 Å². The Hall–Kier alpha value is 1.06. The van der Waals surface area contributed by atoms with E-state index in [9.17, 15) is 0 Å². The molecule has 0 nitrogen and oxygen atoms in total. The standard InChI is InChI=1S/C9H13.2BrH.Ru/c1-7-4-8(2)6-9(3)5-7;;;/h4-5H,6H2,1-3H3;2*1H;/q;;;+1/p-2. The summed E-state index contributed by atoms with van der Waals surface area (Å²) in [5, 5.41) is 0. The van der Waals surface area contributed by atoms with Gasteiger partial charge in [-0.2, -0.15) is 0 Å². The van der Waals surface area contributed by atoms with Crippen LogP contribution in [0.5, 0.6) is 0 Å². The zero-order valence-electron chi connectivity index (χ0n) is 7.47. The van der Waals surface area contributed by atoms with Crippen molar-refractivity contribution in [2.75, 3.05) is 0 Å². The molecule has 1 rings (SSSR count). The van der Waals surface area contributed by atoms with Crippen molar-refractivity contribution >= 4 is 27.2 Å². The second-order valence-electron chi connectivity index (χ2n) is 3.49. The minimum absolute atomic E-state index is 0.368. The van der Waals surface area contributed by atoms with E-state index in [1.165, 1.54) is 17.6 Å². The number of hydrogen-bond acceptors (Lipinski definition) is 0. The van der Waals surface area contributed by atoms with Crippen LogP contribution in [0, 0.1) is 0 Å². The van der Waals surface area contributed by atoms with E-state index in [0.717, 1.165) is 0 Å². The summed E-state index contributed by atoms with van der Waals surface area (Å²) in [6.07, 6.45) is 5.86. The number of rotatable bonds is 1. The third kappa shape index (κ3) is 2.53. The average molecular weight is 382 g/mol. The van der Waals surface area contributed by atoms with Crippen molar-refractivity contribution < 1.29 is 12.0 Å². The van der Waals surface area contributed by atoms with E-state index < -0.39 is 12.0 Å². The number of allylic oxidation sites excluding steroid dienone is 4. The molecule has 0 amide bonds. The first-order valence-corrected chi connectivity index (χ1v) is 12.6. The Morgan fingerprint density at radius 3 is 2.42 bits per heavy atom. The first-order chi connectivity index (χ1) is 5.44. The van der Waals surface area contributed by atoms with Gasteiger partial charge < -0.3 is 0 Å². The monoisotopic (exact) mass is 381 g/mol. The quantitative estimate of drug-likeness (QED) is 0.577. The maximum atomic E-state index is 3.74. The summed E-state index contributed by atoms with van der Waals surface area (Å²) in [5.41, 5.74) is 2.90. The second kappa shape index (κ2) is 4.06. The van der Waals surface area contributed by atoms with Gasteiger partial charge >= 0.3 is 93.8 Å². The van der Waals surface area contributed by atoms with Gasteiger partial charge in [-0.25, -0.2) is 0 Å². The van der Waals surface area contributed by atoms with E-state index in [0.29, 0.717) is 4.01 Å². The molecule has 1 aliphatic rings. The molecule has 1 aliphatic carbocycles. The van der Waals surface area contributed by atoms with Gasteiger partial charge in [0.05, 0.1) is 0 Å². The van der Waals surface area contributed by atoms with Crippen LogP contribution in [0.1, 0.15) is 27.2 Å². The first-order valence-electron chi connectivity index (χ1n) is 3.81. The predicted molar refractivity (Wildman–Crippen MR) is 58.4 cm³/mol. The van der Waals surface area contributed by atoms with E-state index in [2.05, 4.69) is 60.2 Å². The van der Waals surface area contributed by atoms with Crippen molar-refractivity contribution in [1.82, 2.24) is 0 Å². The van der Waals surface area contributed by atoms with Crippen LogP contribution in [0.4, 0.5) is 0 Å². The molecule has 3 heteroatoms. The van der Waals surface area contributed by atoms with Crippen LogP contribution in [-0.4, -0.2) is 0 Å². The summed E-state index contributed by atoms with van der Waals surface area (Å²) < 4.78 is 0.368. The molecule has 0 fully saturated rings. The Bertz CT molecular complexity index is 243. The van der Waals surface area contributed by atoms with Crippen LogP contribution in [0.2, 0.25) is 4.01 Å². The fourth-order valence-corrected chi connectivity index (χ4v) is 5.06. The Kier molecular flexibility index (Phi) is 3.77. The molecule has 0 aromatic rings. The number of halogens is 2. The van der Waals surface area contributed by atoms with Gasteiger partial charge in [0.1, 0.15) is 0 Å². The van der Waals surface area contributed by atoms with E-state index in [1.54, 1.807) is 0 Å². The zero-order chi connectivity index (χ0) is 9.35. The molecule has 0 N–H and O–H groups in total. The van der Waals surface area contributed by atoms with Gasteiger partial charge in [-0.3, -0.25) is 0 Å². The molecule has 72 valence electrons. The van der Waals surface area contributed by atoms with Crippen molar-refractivity contribution in [3.05, 3.63) is 23.3 Å². The molecule has 0 spiro atoms. The van der Waals surface area contributed by atoms with Crippen molar-refractivity contribution in [3.8, 4) is 0 Å². The van der Waals surface area contributed by atoms with E-state index in [4.69, 9.17) is 0 Å². The molecule has 0 radical (unpaired) electrons. The molecule has 0 aromatic carbocycles. The van der Waals surface area contributed by atoms with E-state index in [-0.39, 0.29) is 0 Å².